The summed E-state index contributed by atoms with van der Waals surface area (Å²) in [6.45, 7) is 6.94. The fourth-order valence-corrected chi connectivity index (χ4v) is 3.82. The molecule has 0 amide bonds. The smallest absolute Gasteiger partial charge is 0.357 e. The van der Waals surface area contributed by atoms with Crippen LogP contribution in [-0.2, 0) is 4.74 Å². The predicted octanol–water partition coefficient (Wildman–Crippen LogP) is 2.91. The van der Waals surface area contributed by atoms with Crippen LogP contribution in [0.3, 0.4) is 0 Å². The van der Waals surface area contributed by atoms with Crippen LogP contribution in [0.2, 0.25) is 0 Å². The Morgan fingerprint density at radius 2 is 2.39 bits per heavy atom. The van der Waals surface area contributed by atoms with Crippen LogP contribution in [0.5, 0.6) is 0 Å². The Morgan fingerprint density at radius 1 is 1.57 bits per heavy atom. The molecule has 2 atom stereocenters. The molecule has 8 heteroatoms. The zero-order chi connectivity index (χ0) is 16.4. The van der Waals surface area contributed by atoms with Crippen LogP contribution in [0.1, 0.15) is 66.1 Å². The average Bonchev–Trinajstić information content (AvgIpc) is 3.26. The third kappa shape index (κ3) is 3.28. The highest BCUT2D eigenvalue weighted by Crippen LogP contribution is 2.39. The Hall–Kier alpha value is -1.80. The van der Waals surface area contributed by atoms with E-state index in [4.69, 9.17) is 9.15 Å². The molecule has 23 heavy (non-hydrogen) atoms. The lowest BCUT2D eigenvalue weighted by Gasteiger charge is -2.27. The summed E-state index contributed by atoms with van der Waals surface area (Å²) < 4.78 is 10.6. The van der Waals surface area contributed by atoms with Gasteiger partial charge in [-0.1, -0.05) is 0 Å². The van der Waals surface area contributed by atoms with Crippen molar-refractivity contribution in [2.45, 2.75) is 45.7 Å². The number of aromatic nitrogens is 3. The van der Waals surface area contributed by atoms with Crippen molar-refractivity contribution in [2.24, 2.45) is 0 Å². The summed E-state index contributed by atoms with van der Waals surface area (Å²) >= 11 is 1.50. The second-order valence-corrected chi connectivity index (χ2v) is 6.41. The average molecular weight is 336 g/mol. The summed E-state index contributed by atoms with van der Waals surface area (Å²) in [7, 11) is 0. The molecular weight excluding hydrogens is 316 g/mol. The van der Waals surface area contributed by atoms with Crippen molar-refractivity contribution in [3.8, 4) is 0 Å². The van der Waals surface area contributed by atoms with Gasteiger partial charge in [-0.15, -0.1) is 21.5 Å². The Bertz CT molecular complexity index is 684. The van der Waals surface area contributed by atoms with Crippen molar-refractivity contribution in [1.82, 2.24) is 20.1 Å². The van der Waals surface area contributed by atoms with Gasteiger partial charge in [0, 0.05) is 12.3 Å². The van der Waals surface area contributed by atoms with Crippen molar-refractivity contribution in [3.05, 3.63) is 27.9 Å². The quantitative estimate of drug-likeness (QED) is 0.776. The fraction of sp³-hybridized carbons (Fsp3) is 0.600. The lowest BCUT2D eigenvalue weighted by molar-refractivity contribution is 0.0519. The second kappa shape index (κ2) is 6.76. The van der Waals surface area contributed by atoms with Gasteiger partial charge in [-0.3, -0.25) is 4.90 Å². The van der Waals surface area contributed by atoms with Gasteiger partial charge in [0.2, 0.25) is 11.8 Å². The zero-order valence-electron chi connectivity index (χ0n) is 13.5. The molecule has 3 rings (SSSR count). The molecule has 2 aromatic heterocycles. The minimum atomic E-state index is -0.361. The van der Waals surface area contributed by atoms with Gasteiger partial charge in [0.15, 0.2) is 5.69 Å². The first-order chi connectivity index (χ1) is 11.1. The van der Waals surface area contributed by atoms with E-state index < -0.39 is 0 Å². The number of nitrogens with zero attached hydrogens (tertiary/aromatic N) is 4. The van der Waals surface area contributed by atoms with Crippen LogP contribution >= 0.6 is 11.3 Å². The number of carbonyl (C=O) groups is 1. The van der Waals surface area contributed by atoms with Crippen molar-refractivity contribution in [1.29, 1.82) is 0 Å². The van der Waals surface area contributed by atoms with Crippen molar-refractivity contribution < 1.29 is 13.9 Å². The molecular formula is C15H20N4O3S. The molecule has 1 aliphatic heterocycles. The topological polar surface area (TPSA) is 81.4 Å². The van der Waals surface area contributed by atoms with Crippen LogP contribution in [0.15, 0.2) is 9.80 Å². The van der Waals surface area contributed by atoms with Crippen molar-refractivity contribution in [2.75, 3.05) is 13.2 Å². The van der Waals surface area contributed by atoms with Gasteiger partial charge in [-0.05, 0) is 33.2 Å². The van der Waals surface area contributed by atoms with Crippen LogP contribution in [-0.4, -0.2) is 39.2 Å². The molecule has 1 fully saturated rings. The minimum Gasteiger partial charge on any atom is -0.461 e. The summed E-state index contributed by atoms with van der Waals surface area (Å²) in [4.78, 5) is 18.6. The maximum absolute atomic E-state index is 11.8. The maximum atomic E-state index is 11.8. The second-order valence-electron chi connectivity index (χ2n) is 5.52. The van der Waals surface area contributed by atoms with E-state index in [0.717, 1.165) is 24.4 Å². The Labute approximate surface area is 138 Å². The monoisotopic (exact) mass is 336 g/mol. The number of ether oxygens (including phenoxy) is 1. The summed E-state index contributed by atoms with van der Waals surface area (Å²) in [6, 6.07) is 0.198. The molecule has 7 nitrogen and oxygen atoms in total. The molecule has 2 aromatic rings. The van der Waals surface area contributed by atoms with Crippen molar-refractivity contribution >= 4 is 17.3 Å². The molecule has 0 N–H and O–H groups in total. The molecule has 3 heterocycles. The summed E-state index contributed by atoms with van der Waals surface area (Å²) in [6.07, 6.45) is 2.09. The van der Waals surface area contributed by atoms with Crippen LogP contribution < -0.4 is 0 Å². The Kier molecular flexibility index (Phi) is 4.72. The van der Waals surface area contributed by atoms with E-state index in [1.165, 1.54) is 11.3 Å². The molecule has 0 spiro atoms. The maximum Gasteiger partial charge on any atom is 0.357 e. The van der Waals surface area contributed by atoms with Crippen LogP contribution in [0.25, 0.3) is 0 Å². The van der Waals surface area contributed by atoms with Gasteiger partial charge in [-0.2, -0.15) is 0 Å². The highest BCUT2D eigenvalue weighted by molar-refractivity contribution is 7.09. The lowest BCUT2D eigenvalue weighted by atomic mass is 10.2. The normalized spacial score (nSPS) is 19.9. The molecule has 0 aromatic carbocycles. The number of esters is 1. The van der Waals surface area contributed by atoms with Crippen LogP contribution in [0, 0.1) is 6.92 Å². The van der Waals surface area contributed by atoms with Gasteiger partial charge < -0.3 is 9.15 Å². The summed E-state index contributed by atoms with van der Waals surface area (Å²) in [5.41, 5.74) is 0.389. The summed E-state index contributed by atoms with van der Waals surface area (Å²) in [5, 5.41) is 10.7. The first kappa shape index (κ1) is 16.1. The van der Waals surface area contributed by atoms with Crippen molar-refractivity contribution in [3.63, 3.8) is 0 Å². The third-order valence-corrected chi connectivity index (χ3v) is 4.93. The van der Waals surface area contributed by atoms with E-state index in [1.807, 2.05) is 0 Å². The van der Waals surface area contributed by atoms with E-state index in [0.29, 0.717) is 24.1 Å². The van der Waals surface area contributed by atoms with E-state index >= 15 is 0 Å². The van der Waals surface area contributed by atoms with Gasteiger partial charge in [-0.25, -0.2) is 9.78 Å². The largest absolute Gasteiger partial charge is 0.461 e. The highest BCUT2D eigenvalue weighted by atomic mass is 32.1. The standard InChI is InChI=1S/C15H20N4O3S/c1-4-21-15(20)11-8-23-14(16-11)12-6-5-7-19(12)9(2)13-18-17-10(3)22-13/h8-9,12H,4-7H2,1-3H3/t9-,12-/m0/s1. The number of rotatable bonds is 5. The molecule has 1 saturated heterocycles. The van der Waals surface area contributed by atoms with Crippen LogP contribution in [0.4, 0.5) is 0 Å². The molecule has 0 bridgehead atoms. The van der Waals surface area contributed by atoms with E-state index in [1.54, 1.807) is 19.2 Å². The minimum absolute atomic E-state index is 0.0265. The number of hydrogen-bond donors (Lipinski definition) is 0. The van der Waals surface area contributed by atoms with E-state index in [2.05, 4.69) is 27.0 Å². The highest BCUT2D eigenvalue weighted by Gasteiger charge is 2.34. The first-order valence-electron chi connectivity index (χ1n) is 7.78. The number of hydrogen-bond acceptors (Lipinski definition) is 8. The Balaban J connectivity index is 1.77. The fourth-order valence-electron chi connectivity index (χ4n) is 2.88. The van der Waals surface area contributed by atoms with Gasteiger partial charge in [0.25, 0.3) is 0 Å². The molecule has 0 aliphatic carbocycles. The third-order valence-electron chi connectivity index (χ3n) is 3.98. The van der Waals surface area contributed by atoms with Gasteiger partial charge in [0.05, 0.1) is 18.7 Å². The zero-order valence-corrected chi connectivity index (χ0v) is 14.3. The van der Waals surface area contributed by atoms with E-state index in [-0.39, 0.29) is 18.1 Å². The number of carbonyl (C=O) groups excluding carboxylic acids is 1. The van der Waals surface area contributed by atoms with E-state index in [9.17, 15) is 4.79 Å². The molecule has 124 valence electrons. The molecule has 0 unspecified atom stereocenters. The summed E-state index contributed by atoms with van der Waals surface area (Å²) in [5.74, 6) is 0.832. The SMILES string of the molecule is CCOC(=O)c1csc([C@@H]2CCCN2[C@@H](C)c2nnc(C)o2)n1. The molecule has 1 aliphatic rings. The van der Waals surface area contributed by atoms with Gasteiger partial charge in [0.1, 0.15) is 5.01 Å². The first-order valence-corrected chi connectivity index (χ1v) is 8.66. The predicted molar refractivity (Wildman–Crippen MR) is 84.2 cm³/mol. The lowest BCUT2D eigenvalue weighted by Crippen LogP contribution is -2.27. The number of thiazole rings is 1. The van der Waals surface area contributed by atoms with Gasteiger partial charge >= 0.3 is 5.97 Å². The number of aryl methyl sites for hydroxylation is 1. The molecule has 0 radical (unpaired) electrons. The Morgan fingerprint density at radius 3 is 3.09 bits per heavy atom. The number of likely N-dealkylation sites (tertiary alicyclic amines) is 1. The molecule has 0 saturated carbocycles.